The van der Waals surface area contributed by atoms with E-state index in [0.29, 0.717) is 18.8 Å². The first-order valence-corrected chi connectivity index (χ1v) is 12.3. The van der Waals surface area contributed by atoms with Crippen molar-refractivity contribution in [1.29, 1.82) is 0 Å². The highest BCUT2D eigenvalue weighted by atomic mass is 16.2. The molecule has 3 amide bonds. The Kier molecular flexibility index (Phi) is 7.08. The van der Waals surface area contributed by atoms with Gasteiger partial charge in [-0.25, -0.2) is 4.98 Å². The molecule has 0 radical (unpaired) electrons. The summed E-state index contributed by atoms with van der Waals surface area (Å²) in [6.45, 7) is 4.03. The molecule has 2 aromatic carbocycles. The van der Waals surface area contributed by atoms with Gasteiger partial charge in [0.15, 0.2) is 0 Å². The number of aromatic nitrogens is 1. The molecule has 0 bridgehead atoms. The minimum atomic E-state index is -0.823. The molecular weight excluding hydrogens is 456 g/mol. The van der Waals surface area contributed by atoms with Crippen LogP contribution in [0.15, 0.2) is 66.9 Å². The van der Waals surface area contributed by atoms with E-state index in [2.05, 4.69) is 25.4 Å². The maximum Gasteiger partial charge on any atom is 0.243 e. The second kappa shape index (κ2) is 10.7. The number of fused-ring (bicyclic) bond motifs is 1. The molecular formula is C27H30N6O3. The molecule has 186 valence electrons. The smallest absolute Gasteiger partial charge is 0.243 e. The average Bonchev–Trinajstić information content (AvgIpc) is 2.91. The third-order valence-electron chi connectivity index (χ3n) is 6.80. The molecule has 1 aromatic heterocycles. The van der Waals surface area contributed by atoms with E-state index in [1.54, 1.807) is 11.1 Å². The molecule has 2 aliphatic heterocycles. The van der Waals surface area contributed by atoms with Gasteiger partial charge in [0, 0.05) is 56.5 Å². The number of hydrogen-bond donors (Lipinski definition) is 2. The van der Waals surface area contributed by atoms with Gasteiger partial charge in [-0.1, -0.05) is 42.5 Å². The Labute approximate surface area is 210 Å². The monoisotopic (exact) mass is 486 g/mol. The third-order valence-corrected chi connectivity index (χ3v) is 6.80. The molecule has 36 heavy (non-hydrogen) atoms. The van der Waals surface area contributed by atoms with Gasteiger partial charge in [-0.15, -0.1) is 0 Å². The number of rotatable bonds is 6. The van der Waals surface area contributed by atoms with E-state index in [1.807, 2.05) is 60.7 Å². The number of amides is 3. The number of nitrogens with zero attached hydrogens (tertiary/aromatic N) is 4. The molecule has 5 rings (SSSR count). The minimum Gasteiger partial charge on any atom is -0.354 e. The highest BCUT2D eigenvalue weighted by Crippen LogP contribution is 2.23. The van der Waals surface area contributed by atoms with Crippen LogP contribution in [0, 0.1) is 0 Å². The molecule has 0 saturated carbocycles. The Morgan fingerprint density at radius 2 is 1.72 bits per heavy atom. The molecule has 0 spiro atoms. The summed E-state index contributed by atoms with van der Waals surface area (Å²) in [5, 5.41) is 7.69. The Bertz CT molecular complexity index is 1240. The lowest BCUT2D eigenvalue weighted by Crippen LogP contribution is -2.60. The predicted molar refractivity (Wildman–Crippen MR) is 139 cm³/mol. The summed E-state index contributed by atoms with van der Waals surface area (Å²) < 4.78 is 0. The normalized spacial score (nSPS) is 18.7. The van der Waals surface area contributed by atoms with Crippen molar-refractivity contribution in [2.45, 2.75) is 12.5 Å². The zero-order valence-electron chi connectivity index (χ0n) is 20.1. The fraction of sp³-hybridized carbons (Fsp3) is 0.333. The van der Waals surface area contributed by atoms with E-state index < -0.39 is 6.04 Å². The summed E-state index contributed by atoms with van der Waals surface area (Å²) in [4.78, 5) is 49.1. The Morgan fingerprint density at radius 3 is 2.53 bits per heavy atom. The zero-order chi connectivity index (χ0) is 24.9. The number of pyridine rings is 1. The van der Waals surface area contributed by atoms with Crippen molar-refractivity contribution in [1.82, 2.24) is 20.1 Å². The molecule has 3 heterocycles. The topological polar surface area (TPSA) is 97.9 Å². The predicted octanol–water partition coefficient (Wildman–Crippen LogP) is 1.71. The van der Waals surface area contributed by atoms with Crippen LogP contribution in [0.5, 0.6) is 0 Å². The van der Waals surface area contributed by atoms with Crippen molar-refractivity contribution >= 4 is 40.0 Å². The third kappa shape index (κ3) is 5.31. The second-order valence-corrected chi connectivity index (χ2v) is 9.12. The fourth-order valence-electron chi connectivity index (χ4n) is 4.89. The highest BCUT2D eigenvalue weighted by molar-refractivity contribution is 6.04. The molecule has 9 nitrogen and oxygen atoms in total. The highest BCUT2D eigenvalue weighted by Gasteiger charge is 2.35. The lowest BCUT2D eigenvalue weighted by molar-refractivity contribution is -0.145. The Morgan fingerprint density at radius 1 is 0.944 bits per heavy atom. The van der Waals surface area contributed by atoms with Crippen LogP contribution in [0.3, 0.4) is 0 Å². The second-order valence-electron chi connectivity index (χ2n) is 9.12. The van der Waals surface area contributed by atoms with Gasteiger partial charge in [0.1, 0.15) is 11.9 Å². The molecule has 2 aliphatic rings. The average molecular weight is 487 g/mol. The van der Waals surface area contributed by atoms with E-state index in [0.717, 1.165) is 42.8 Å². The molecule has 3 aromatic rings. The van der Waals surface area contributed by atoms with Crippen molar-refractivity contribution < 1.29 is 14.4 Å². The summed E-state index contributed by atoms with van der Waals surface area (Å²) in [5.74, 6) is 0.227. The summed E-state index contributed by atoms with van der Waals surface area (Å²) in [5.41, 5.74) is 0.693. The molecule has 1 atom stereocenters. The number of benzene rings is 2. The van der Waals surface area contributed by atoms with Crippen molar-refractivity contribution in [3.05, 3.63) is 66.9 Å². The van der Waals surface area contributed by atoms with E-state index in [-0.39, 0.29) is 30.7 Å². The number of hydrogen-bond acceptors (Lipinski definition) is 6. The van der Waals surface area contributed by atoms with Gasteiger partial charge in [0.2, 0.25) is 17.7 Å². The van der Waals surface area contributed by atoms with Crippen LogP contribution in [-0.4, -0.2) is 84.4 Å². The van der Waals surface area contributed by atoms with Crippen LogP contribution >= 0.6 is 0 Å². The first kappa shape index (κ1) is 23.7. The fourth-order valence-corrected chi connectivity index (χ4v) is 4.89. The standard InChI is InChI=1S/C27H30N6O3/c34-25(30-22-9-5-7-20-6-1-2-8-21(20)22)18-23-27(36)29-12-13-33(23)26(35)19-31-14-16-32(17-15-31)24-10-3-4-11-28-24/h1-11,23H,12-19H2,(H,29,36)(H,30,34). The molecule has 2 saturated heterocycles. The van der Waals surface area contributed by atoms with Crippen LogP contribution in [0.1, 0.15) is 6.42 Å². The van der Waals surface area contributed by atoms with Gasteiger partial charge >= 0.3 is 0 Å². The minimum absolute atomic E-state index is 0.0890. The van der Waals surface area contributed by atoms with E-state index in [1.165, 1.54) is 0 Å². The van der Waals surface area contributed by atoms with Crippen molar-refractivity contribution in [2.24, 2.45) is 0 Å². The van der Waals surface area contributed by atoms with Crippen LogP contribution in [0.25, 0.3) is 10.8 Å². The summed E-state index contributed by atoms with van der Waals surface area (Å²) in [6.07, 6.45) is 1.69. The van der Waals surface area contributed by atoms with Gasteiger partial charge < -0.3 is 20.4 Å². The van der Waals surface area contributed by atoms with Gasteiger partial charge in [-0.3, -0.25) is 19.3 Å². The maximum atomic E-state index is 13.2. The van der Waals surface area contributed by atoms with Crippen molar-refractivity contribution in [2.75, 3.05) is 56.0 Å². The Balaban J connectivity index is 1.20. The quantitative estimate of drug-likeness (QED) is 0.551. The number of nitrogens with one attached hydrogen (secondary N) is 2. The molecule has 9 heteroatoms. The molecule has 2 N–H and O–H groups in total. The van der Waals surface area contributed by atoms with Gasteiger partial charge in [0.05, 0.1) is 13.0 Å². The largest absolute Gasteiger partial charge is 0.354 e. The summed E-state index contributed by atoms with van der Waals surface area (Å²) in [7, 11) is 0. The summed E-state index contributed by atoms with van der Waals surface area (Å²) >= 11 is 0. The van der Waals surface area contributed by atoms with Crippen LogP contribution in [-0.2, 0) is 14.4 Å². The first-order chi connectivity index (χ1) is 17.6. The lowest BCUT2D eigenvalue weighted by atomic mass is 10.1. The molecule has 2 fully saturated rings. The van der Waals surface area contributed by atoms with E-state index in [4.69, 9.17) is 0 Å². The van der Waals surface area contributed by atoms with Crippen molar-refractivity contribution in [3.63, 3.8) is 0 Å². The lowest BCUT2D eigenvalue weighted by Gasteiger charge is -2.38. The number of anilines is 2. The maximum absolute atomic E-state index is 13.2. The van der Waals surface area contributed by atoms with Gasteiger partial charge in [-0.2, -0.15) is 0 Å². The van der Waals surface area contributed by atoms with Crippen LogP contribution in [0.4, 0.5) is 11.5 Å². The number of piperazine rings is 2. The SMILES string of the molecule is O=C(CC1C(=O)NCCN1C(=O)CN1CCN(c2ccccn2)CC1)Nc1cccc2ccccc12. The van der Waals surface area contributed by atoms with Gasteiger partial charge in [-0.05, 0) is 23.6 Å². The zero-order valence-corrected chi connectivity index (χ0v) is 20.1. The van der Waals surface area contributed by atoms with Gasteiger partial charge in [0.25, 0.3) is 0 Å². The first-order valence-electron chi connectivity index (χ1n) is 12.3. The van der Waals surface area contributed by atoms with Crippen LogP contribution in [0.2, 0.25) is 0 Å². The van der Waals surface area contributed by atoms with Crippen LogP contribution < -0.4 is 15.5 Å². The van der Waals surface area contributed by atoms with E-state index in [9.17, 15) is 14.4 Å². The number of carbonyl (C=O) groups is 3. The summed E-state index contributed by atoms with van der Waals surface area (Å²) in [6, 6.07) is 18.5. The van der Waals surface area contributed by atoms with E-state index >= 15 is 0 Å². The van der Waals surface area contributed by atoms with Crippen molar-refractivity contribution in [3.8, 4) is 0 Å². The molecule has 1 unspecified atom stereocenters. The Hall–Kier alpha value is -3.98. The number of carbonyl (C=O) groups excluding carboxylic acids is 3. The molecule has 0 aliphatic carbocycles.